The molecule has 5 heteroatoms. The van der Waals surface area contributed by atoms with Crippen LogP contribution >= 0.6 is 0 Å². The van der Waals surface area contributed by atoms with Gasteiger partial charge in [-0.3, -0.25) is 0 Å². The number of hydrogen-bond acceptors (Lipinski definition) is 2. The smallest absolute Gasteiger partial charge is 0.168 e. The zero-order chi connectivity index (χ0) is 14.0. The first-order valence-corrected chi connectivity index (χ1v) is 6.48. The third kappa shape index (κ3) is 2.31. The lowest BCUT2D eigenvalue weighted by Gasteiger charge is -2.37. The Kier molecular flexibility index (Phi) is 4.04. The molecule has 0 aromatic heterocycles. The number of nitrogens with two attached hydrogens (primary N) is 1. The predicted molar refractivity (Wildman–Crippen MR) is 66.7 cm³/mol. The van der Waals surface area contributed by atoms with Crippen LogP contribution in [0.2, 0.25) is 0 Å². The fourth-order valence-corrected chi connectivity index (χ4v) is 3.04. The Balaban J connectivity index is 2.64. The van der Waals surface area contributed by atoms with E-state index in [1.54, 1.807) is 0 Å². The summed E-state index contributed by atoms with van der Waals surface area (Å²) < 4.78 is 46.4. The van der Waals surface area contributed by atoms with Crippen molar-refractivity contribution in [2.45, 2.75) is 37.5 Å². The molecule has 1 aromatic carbocycles. The Morgan fingerprint density at radius 1 is 1.16 bits per heavy atom. The molecule has 0 saturated heterocycles. The molecule has 2 N–H and O–H groups in total. The average Bonchev–Trinajstić information content (AvgIpc) is 2.43. The highest BCUT2D eigenvalue weighted by molar-refractivity contribution is 5.43. The summed E-state index contributed by atoms with van der Waals surface area (Å²) in [4.78, 5) is 0. The Hall–Kier alpha value is -1.23. The average molecular weight is 273 g/mol. The minimum Gasteiger partial charge on any atom is -0.493 e. The van der Waals surface area contributed by atoms with Crippen molar-refractivity contribution in [3.8, 4) is 5.75 Å². The molecule has 1 fully saturated rings. The number of hydrogen-bond donors (Lipinski definition) is 1. The molecule has 2 rings (SSSR count). The fourth-order valence-electron chi connectivity index (χ4n) is 3.04. The van der Waals surface area contributed by atoms with Crippen LogP contribution in [0.4, 0.5) is 13.2 Å². The van der Waals surface area contributed by atoms with Crippen LogP contribution in [0.1, 0.15) is 37.7 Å². The number of methoxy groups -OCH3 is 1. The highest BCUT2D eigenvalue weighted by atomic mass is 19.2. The Bertz CT molecular complexity index is 470. The van der Waals surface area contributed by atoms with Crippen molar-refractivity contribution in [1.82, 2.24) is 0 Å². The maximum Gasteiger partial charge on any atom is 0.168 e. The standard InChI is InChI=1S/C14H18F3NO/c1-19-13-10(16)7-9(15)12(17)11(13)14(8-18)5-3-2-4-6-14/h7H,2-6,8,18H2,1H3. The van der Waals surface area contributed by atoms with E-state index in [1.807, 2.05) is 0 Å². The second kappa shape index (κ2) is 5.41. The summed E-state index contributed by atoms with van der Waals surface area (Å²) in [6, 6.07) is 0.519. The summed E-state index contributed by atoms with van der Waals surface area (Å²) >= 11 is 0. The van der Waals surface area contributed by atoms with Gasteiger partial charge in [0.25, 0.3) is 0 Å². The molecule has 0 atom stereocenters. The summed E-state index contributed by atoms with van der Waals surface area (Å²) in [6.45, 7) is 0.156. The van der Waals surface area contributed by atoms with Crippen LogP contribution in [-0.2, 0) is 5.41 Å². The van der Waals surface area contributed by atoms with Crippen LogP contribution in [0.5, 0.6) is 5.75 Å². The topological polar surface area (TPSA) is 35.2 Å². The molecule has 0 spiro atoms. The maximum absolute atomic E-state index is 14.2. The fraction of sp³-hybridized carbons (Fsp3) is 0.571. The van der Waals surface area contributed by atoms with Gasteiger partial charge in [-0.15, -0.1) is 0 Å². The normalized spacial score (nSPS) is 18.4. The van der Waals surface area contributed by atoms with E-state index in [0.29, 0.717) is 18.9 Å². The van der Waals surface area contributed by atoms with Gasteiger partial charge in [-0.1, -0.05) is 19.3 Å². The third-order valence-corrected chi connectivity index (χ3v) is 4.06. The van der Waals surface area contributed by atoms with Crippen LogP contribution in [0.3, 0.4) is 0 Å². The Morgan fingerprint density at radius 2 is 1.79 bits per heavy atom. The van der Waals surface area contributed by atoms with E-state index in [2.05, 4.69) is 0 Å². The lowest BCUT2D eigenvalue weighted by Crippen LogP contribution is -2.38. The summed E-state index contributed by atoms with van der Waals surface area (Å²) in [7, 11) is 1.26. The highest BCUT2D eigenvalue weighted by Gasteiger charge is 2.39. The molecule has 0 heterocycles. The number of rotatable bonds is 3. The zero-order valence-electron chi connectivity index (χ0n) is 10.9. The summed E-state index contributed by atoms with van der Waals surface area (Å²) in [5, 5.41) is 0. The number of ether oxygens (including phenoxy) is 1. The Morgan fingerprint density at radius 3 is 2.32 bits per heavy atom. The van der Waals surface area contributed by atoms with Crippen molar-refractivity contribution < 1.29 is 17.9 Å². The SMILES string of the molecule is COc1c(F)cc(F)c(F)c1C1(CN)CCCCC1. The van der Waals surface area contributed by atoms with Crippen LogP contribution in [-0.4, -0.2) is 13.7 Å². The summed E-state index contributed by atoms with van der Waals surface area (Å²) in [6.07, 6.45) is 4.03. The lowest BCUT2D eigenvalue weighted by molar-refractivity contribution is 0.268. The van der Waals surface area contributed by atoms with E-state index in [0.717, 1.165) is 19.3 Å². The molecule has 1 aliphatic rings. The van der Waals surface area contributed by atoms with Crippen molar-refractivity contribution in [2.24, 2.45) is 5.73 Å². The maximum atomic E-state index is 14.2. The molecular weight excluding hydrogens is 255 g/mol. The molecule has 0 aliphatic heterocycles. The first kappa shape index (κ1) is 14.2. The first-order valence-electron chi connectivity index (χ1n) is 6.48. The molecule has 106 valence electrons. The van der Waals surface area contributed by atoms with Gasteiger partial charge in [-0.05, 0) is 12.8 Å². The molecule has 0 amide bonds. The monoisotopic (exact) mass is 273 g/mol. The van der Waals surface area contributed by atoms with Gasteiger partial charge in [0.2, 0.25) is 0 Å². The van der Waals surface area contributed by atoms with E-state index in [-0.39, 0.29) is 17.9 Å². The minimum atomic E-state index is -1.19. The first-order chi connectivity index (χ1) is 9.05. The predicted octanol–water partition coefficient (Wildman–Crippen LogP) is 3.27. The van der Waals surface area contributed by atoms with Gasteiger partial charge in [0.15, 0.2) is 23.2 Å². The number of benzene rings is 1. The second-order valence-corrected chi connectivity index (χ2v) is 5.11. The van der Waals surface area contributed by atoms with Crippen LogP contribution in [0, 0.1) is 17.5 Å². The van der Waals surface area contributed by atoms with E-state index in [9.17, 15) is 13.2 Å². The lowest BCUT2D eigenvalue weighted by atomic mass is 9.69. The summed E-state index contributed by atoms with van der Waals surface area (Å²) in [5.41, 5.74) is 5.04. The van der Waals surface area contributed by atoms with Crippen molar-refractivity contribution in [3.05, 3.63) is 29.1 Å². The van der Waals surface area contributed by atoms with Crippen molar-refractivity contribution in [2.75, 3.05) is 13.7 Å². The molecule has 1 saturated carbocycles. The molecular formula is C14H18F3NO. The van der Waals surface area contributed by atoms with Crippen molar-refractivity contribution in [1.29, 1.82) is 0 Å². The van der Waals surface area contributed by atoms with E-state index >= 15 is 0 Å². The highest BCUT2D eigenvalue weighted by Crippen LogP contribution is 2.45. The van der Waals surface area contributed by atoms with E-state index in [1.165, 1.54) is 7.11 Å². The molecule has 0 bridgehead atoms. The Labute approximate surface area is 110 Å². The van der Waals surface area contributed by atoms with Gasteiger partial charge < -0.3 is 10.5 Å². The van der Waals surface area contributed by atoms with Gasteiger partial charge in [0.05, 0.1) is 7.11 Å². The molecule has 0 radical (unpaired) electrons. The molecule has 0 unspecified atom stereocenters. The van der Waals surface area contributed by atoms with E-state index < -0.39 is 22.9 Å². The van der Waals surface area contributed by atoms with Gasteiger partial charge >= 0.3 is 0 Å². The van der Waals surface area contributed by atoms with Crippen molar-refractivity contribution >= 4 is 0 Å². The quantitative estimate of drug-likeness (QED) is 0.858. The van der Waals surface area contributed by atoms with E-state index in [4.69, 9.17) is 10.5 Å². The van der Waals surface area contributed by atoms with Crippen LogP contribution < -0.4 is 10.5 Å². The summed E-state index contributed by atoms with van der Waals surface area (Å²) in [5.74, 6) is -3.32. The third-order valence-electron chi connectivity index (χ3n) is 4.06. The van der Waals surface area contributed by atoms with Gasteiger partial charge in [0, 0.05) is 23.6 Å². The molecule has 2 nitrogen and oxygen atoms in total. The van der Waals surface area contributed by atoms with Crippen LogP contribution in [0.15, 0.2) is 6.07 Å². The largest absolute Gasteiger partial charge is 0.493 e. The molecule has 1 aromatic rings. The second-order valence-electron chi connectivity index (χ2n) is 5.11. The van der Waals surface area contributed by atoms with Gasteiger partial charge in [0.1, 0.15) is 0 Å². The van der Waals surface area contributed by atoms with Crippen molar-refractivity contribution in [3.63, 3.8) is 0 Å². The minimum absolute atomic E-state index is 0.0327. The van der Waals surface area contributed by atoms with Crippen LogP contribution in [0.25, 0.3) is 0 Å². The van der Waals surface area contributed by atoms with Gasteiger partial charge in [-0.2, -0.15) is 0 Å². The molecule has 1 aliphatic carbocycles. The van der Waals surface area contributed by atoms with Gasteiger partial charge in [-0.25, -0.2) is 13.2 Å². The number of halogens is 3. The molecule has 19 heavy (non-hydrogen) atoms. The zero-order valence-corrected chi connectivity index (χ0v) is 10.9.